The van der Waals surface area contributed by atoms with Crippen molar-refractivity contribution in [2.45, 2.75) is 52.9 Å². The molecular formula is C23H25N3O3. The fourth-order valence-corrected chi connectivity index (χ4v) is 3.42. The highest BCUT2D eigenvalue weighted by Gasteiger charge is 2.30. The number of hydrogen-bond donors (Lipinski definition) is 1. The Kier molecular flexibility index (Phi) is 5.60. The highest BCUT2D eigenvalue weighted by atomic mass is 16.6. The number of nitrogens with zero attached hydrogens (tertiary/aromatic N) is 2. The molecule has 6 nitrogen and oxygen atoms in total. The molecule has 6 heteroatoms. The number of carbonyl (C=O) groups excluding carboxylic acids is 2. The molecule has 0 aliphatic carbocycles. The van der Waals surface area contributed by atoms with Crippen molar-refractivity contribution in [3.05, 3.63) is 58.7 Å². The van der Waals surface area contributed by atoms with Gasteiger partial charge in [0.25, 0.3) is 0 Å². The van der Waals surface area contributed by atoms with Crippen LogP contribution < -0.4 is 5.32 Å². The van der Waals surface area contributed by atoms with E-state index in [1.807, 2.05) is 51.1 Å². The highest BCUT2D eigenvalue weighted by Crippen LogP contribution is 2.36. The fraction of sp³-hybridized carbons (Fsp3) is 0.348. The van der Waals surface area contributed by atoms with Gasteiger partial charge in [0.05, 0.1) is 18.2 Å². The Morgan fingerprint density at radius 1 is 1.17 bits per heavy atom. The van der Waals surface area contributed by atoms with Crippen LogP contribution in [0.1, 0.15) is 49.9 Å². The lowest BCUT2D eigenvalue weighted by Crippen LogP contribution is -2.33. The Hall–Kier alpha value is -3.33. The second kappa shape index (κ2) is 7.96. The first kappa shape index (κ1) is 20.4. The van der Waals surface area contributed by atoms with Gasteiger partial charge in [-0.25, -0.2) is 4.79 Å². The molecule has 150 valence electrons. The van der Waals surface area contributed by atoms with Gasteiger partial charge in [-0.2, -0.15) is 5.26 Å². The first-order valence-electron chi connectivity index (χ1n) is 9.54. The summed E-state index contributed by atoms with van der Waals surface area (Å²) in [7, 11) is 0. The minimum Gasteiger partial charge on any atom is -0.444 e. The summed E-state index contributed by atoms with van der Waals surface area (Å²) >= 11 is 0. The van der Waals surface area contributed by atoms with Gasteiger partial charge in [-0.3, -0.25) is 9.69 Å². The van der Waals surface area contributed by atoms with Crippen molar-refractivity contribution < 1.29 is 14.3 Å². The Morgan fingerprint density at radius 2 is 1.90 bits per heavy atom. The average molecular weight is 391 g/mol. The van der Waals surface area contributed by atoms with Crippen LogP contribution in [0.2, 0.25) is 0 Å². The van der Waals surface area contributed by atoms with E-state index in [1.165, 1.54) is 6.92 Å². The first-order chi connectivity index (χ1) is 13.7. The zero-order chi connectivity index (χ0) is 21.2. The van der Waals surface area contributed by atoms with E-state index < -0.39 is 5.60 Å². The molecule has 0 atom stereocenters. The summed E-state index contributed by atoms with van der Waals surface area (Å²) in [4.78, 5) is 25.6. The molecule has 0 aromatic heterocycles. The number of hydrogen-bond acceptors (Lipinski definition) is 4. The van der Waals surface area contributed by atoms with E-state index >= 15 is 0 Å². The third-order valence-corrected chi connectivity index (χ3v) is 4.64. The van der Waals surface area contributed by atoms with E-state index in [9.17, 15) is 14.9 Å². The predicted octanol–water partition coefficient (Wildman–Crippen LogP) is 4.11. The number of ether oxygens (including phenoxy) is 1. The number of fused-ring (bicyclic) bond motifs is 1. The first-order valence-corrected chi connectivity index (χ1v) is 9.54. The van der Waals surface area contributed by atoms with E-state index in [2.05, 4.69) is 11.4 Å². The molecule has 2 aromatic rings. The minimum atomic E-state index is -0.571. The quantitative estimate of drug-likeness (QED) is 0.853. The molecule has 1 N–H and O–H groups in total. The molecule has 3 rings (SSSR count). The number of nitrogens with one attached hydrogen (secondary N) is 1. The molecule has 0 unspecified atom stereocenters. The molecule has 0 saturated heterocycles. The van der Waals surface area contributed by atoms with Crippen LogP contribution in [0.3, 0.4) is 0 Å². The Bertz CT molecular complexity index is 999. The van der Waals surface area contributed by atoms with Crippen LogP contribution in [-0.4, -0.2) is 22.5 Å². The molecule has 1 aliphatic rings. The second-order valence-electron chi connectivity index (χ2n) is 8.18. The van der Waals surface area contributed by atoms with E-state index in [4.69, 9.17) is 4.74 Å². The molecular weight excluding hydrogens is 366 g/mol. The summed E-state index contributed by atoms with van der Waals surface area (Å²) in [6, 6.07) is 13.7. The maximum atomic E-state index is 12.6. The highest BCUT2D eigenvalue weighted by molar-refractivity contribution is 5.78. The van der Waals surface area contributed by atoms with Gasteiger partial charge < -0.3 is 10.1 Å². The molecule has 0 fully saturated rings. The fourth-order valence-electron chi connectivity index (χ4n) is 3.42. The van der Waals surface area contributed by atoms with Crippen LogP contribution in [-0.2, 0) is 29.2 Å². The number of nitriles is 1. The van der Waals surface area contributed by atoms with Gasteiger partial charge in [-0.05, 0) is 60.7 Å². The lowest BCUT2D eigenvalue weighted by molar-refractivity contribution is -0.119. The molecule has 1 heterocycles. The topological polar surface area (TPSA) is 82.4 Å². The monoisotopic (exact) mass is 391 g/mol. The van der Waals surface area contributed by atoms with Crippen molar-refractivity contribution in [1.82, 2.24) is 10.2 Å². The summed E-state index contributed by atoms with van der Waals surface area (Å²) < 4.78 is 5.53. The molecule has 0 bridgehead atoms. The van der Waals surface area contributed by atoms with Crippen molar-refractivity contribution >= 4 is 12.0 Å². The maximum absolute atomic E-state index is 12.6. The molecule has 1 aliphatic heterocycles. The number of carbonyl (C=O) groups is 2. The van der Waals surface area contributed by atoms with Gasteiger partial charge in [0, 0.05) is 20.0 Å². The number of amides is 2. The summed E-state index contributed by atoms with van der Waals surface area (Å²) in [6.07, 6.45) is -0.364. The molecule has 0 spiro atoms. The Labute approximate surface area is 171 Å². The van der Waals surface area contributed by atoms with Crippen LogP contribution in [0.4, 0.5) is 4.79 Å². The zero-order valence-corrected chi connectivity index (χ0v) is 17.2. The van der Waals surface area contributed by atoms with Crippen molar-refractivity contribution in [1.29, 1.82) is 5.26 Å². The molecule has 0 radical (unpaired) electrons. The second-order valence-corrected chi connectivity index (χ2v) is 8.18. The van der Waals surface area contributed by atoms with Gasteiger partial charge >= 0.3 is 6.09 Å². The third kappa shape index (κ3) is 4.75. The van der Waals surface area contributed by atoms with E-state index in [-0.39, 0.29) is 12.0 Å². The summed E-state index contributed by atoms with van der Waals surface area (Å²) in [6.45, 7) is 8.23. The van der Waals surface area contributed by atoms with Crippen LogP contribution in [0.5, 0.6) is 0 Å². The molecule has 2 amide bonds. The number of benzene rings is 2. The van der Waals surface area contributed by atoms with E-state index in [1.54, 1.807) is 11.0 Å². The van der Waals surface area contributed by atoms with Crippen molar-refractivity contribution in [3.63, 3.8) is 0 Å². The van der Waals surface area contributed by atoms with Crippen LogP contribution in [0, 0.1) is 11.3 Å². The average Bonchev–Trinajstić information content (AvgIpc) is 3.08. The molecule has 29 heavy (non-hydrogen) atoms. The Balaban J connectivity index is 2.02. The van der Waals surface area contributed by atoms with Crippen LogP contribution >= 0.6 is 0 Å². The van der Waals surface area contributed by atoms with Gasteiger partial charge in [0.2, 0.25) is 5.91 Å². The normalized spacial score (nSPS) is 12.9. The predicted molar refractivity (Wildman–Crippen MR) is 110 cm³/mol. The van der Waals surface area contributed by atoms with E-state index in [0.29, 0.717) is 25.2 Å². The number of rotatable bonds is 3. The van der Waals surface area contributed by atoms with Gasteiger partial charge in [-0.1, -0.05) is 24.3 Å². The van der Waals surface area contributed by atoms with Crippen LogP contribution in [0.25, 0.3) is 11.1 Å². The van der Waals surface area contributed by atoms with Gasteiger partial charge in [0.15, 0.2) is 0 Å². The largest absolute Gasteiger partial charge is 0.444 e. The minimum absolute atomic E-state index is 0.111. The van der Waals surface area contributed by atoms with Crippen molar-refractivity contribution in [3.8, 4) is 17.2 Å². The lowest BCUT2D eigenvalue weighted by Gasteiger charge is -2.24. The van der Waals surface area contributed by atoms with Crippen molar-refractivity contribution in [2.24, 2.45) is 0 Å². The van der Waals surface area contributed by atoms with E-state index in [0.717, 1.165) is 27.8 Å². The van der Waals surface area contributed by atoms with Crippen LogP contribution in [0.15, 0.2) is 36.4 Å². The maximum Gasteiger partial charge on any atom is 0.410 e. The summed E-state index contributed by atoms with van der Waals surface area (Å²) in [5, 5.41) is 12.4. The zero-order valence-electron chi connectivity index (χ0n) is 17.2. The Morgan fingerprint density at radius 3 is 2.55 bits per heavy atom. The SMILES string of the molecule is CC(=O)NCc1cc2c(c(-c3ccccc3C#N)c1)CN(C(=O)OC(C)(C)C)C2. The molecule has 0 saturated carbocycles. The van der Waals surface area contributed by atoms with Crippen molar-refractivity contribution in [2.75, 3.05) is 0 Å². The summed E-state index contributed by atoms with van der Waals surface area (Å²) in [5.41, 5.74) is 4.66. The third-order valence-electron chi connectivity index (χ3n) is 4.64. The standard InChI is InChI=1S/C23H25N3O3/c1-15(27)25-12-16-9-18-13-26(22(28)29-23(2,3)4)14-21(18)20(10-16)19-8-6-5-7-17(19)11-24/h5-10H,12-14H2,1-4H3,(H,25,27). The summed E-state index contributed by atoms with van der Waals surface area (Å²) in [5.74, 6) is -0.111. The van der Waals surface area contributed by atoms with Gasteiger partial charge in [-0.15, -0.1) is 0 Å². The smallest absolute Gasteiger partial charge is 0.410 e. The lowest BCUT2D eigenvalue weighted by atomic mass is 9.92. The van der Waals surface area contributed by atoms with Gasteiger partial charge in [0.1, 0.15) is 5.60 Å². The molecule has 2 aromatic carbocycles.